The zero-order valence-corrected chi connectivity index (χ0v) is 17.6. The van der Waals surface area contributed by atoms with Gasteiger partial charge in [-0.2, -0.15) is 0 Å². The van der Waals surface area contributed by atoms with Gasteiger partial charge in [0.15, 0.2) is 0 Å². The first-order valence-corrected chi connectivity index (χ1v) is 10.3. The Morgan fingerprint density at radius 3 is 2.62 bits per heavy atom. The largest absolute Gasteiger partial charge is 0.386 e. The van der Waals surface area contributed by atoms with E-state index in [0.717, 1.165) is 47.0 Å². The highest BCUT2D eigenvalue weighted by molar-refractivity contribution is 5.93. The monoisotopic (exact) mass is 391 g/mol. The number of nitrogens with one attached hydrogen (secondary N) is 1. The fraction of sp³-hybridized carbons (Fsp3) is 0.417. The Labute approximate surface area is 171 Å². The van der Waals surface area contributed by atoms with Gasteiger partial charge in [-0.1, -0.05) is 35.9 Å². The maximum Gasteiger partial charge on any atom is 0.231 e. The van der Waals surface area contributed by atoms with Gasteiger partial charge in [-0.25, -0.2) is 4.98 Å². The van der Waals surface area contributed by atoms with Crippen molar-refractivity contribution in [3.63, 3.8) is 0 Å². The normalized spacial score (nSPS) is 15.9. The van der Waals surface area contributed by atoms with Crippen molar-refractivity contribution in [3.05, 3.63) is 59.2 Å². The minimum atomic E-state index is -0.932. The van der Waals surface area contributed by atoms with Gasteiger partial charge >= 0.3 is 0 Å². The Kier molecular flexibility index (Phi) is 4.74. The molecule has 0 bridgehead atoms. The number of imidazole rings is 1. The van der Waals surface area contributed by atoms with Gasteiger partial charge in [0, 0.05) is 5.54 Å². The molecule has 0 spiro atoms. The number of benzene rings is 2. The maximum atomic E-state index is 12.8. The van der Waals surface area contributed by atoms with Gasteiger partial charge in [-0.05, 0) is 70.2 Å². The van der Waals surface area contributed by atoms with Gasteiger partial charge in [0.1, 0.15) is 0 Å². The first kappa shape index (κ1) is 19.6. The zero-order valence-electron chi connectivity index (χ0n) is 17.6. The predicted octanol–water partition coefficient (Wildman–Crippen LogP) is 4.65. The molecule has 152 valence electrons. The second-order valence-electron chi connectivity index (χ2n) is 9.10. The summed E-state index contributed by atoms with van der Waals surface area (Å²) in [7, 11) is 0. The highest BCUT2D eigenvalue weighted by atomic mass is 16.3. The molecule has 29 heavy (non-hydrogen) atoms. The third-order valence-electron chi connectivity index (χ3n) is 6.03. The molecular formula is C24H29N3O2. The van der Waals surface area contributed by atoms with Gasteiger partial charge in [0.2, 0.25) is 11.9 Å². The summed E-state index contributed by atoms with van der Waals surface area (Å²) >= 11 is 0. The van der Waals surface area contributed by atoms with E-state index in [2.05, 4.69) is 16.8 Å². The van der Waals surface area contributed by atoms with Gasteiger partial charge in [-0.3, -0.25) is 10.1 Å². The second kappa shape index (κ2) is 6.99. The van der Waals surface area contributed by atoms with Crippen LogP contribution in [0.25, 0.3) is 11.0 Å². The Balaban J connectivity index is 1.71. The molecule has 1 aliphatic rings. The number of amides is 1. The van der Waals surface area contributed by atoms with Crippen molar-refractivity contribution in [2.24, 2.45) is 0 Å². The van der Waals surface area contributed by atoms with Gasteiger partial charge < -0.3 is 9.67 Å². The molecule has 1 saturated carbocycles. The maximum absolute atomic E-state index is 12.8. The molecule has 0 unspecified atom stereocenters. The number of aryl methyl sites for hydroxylation is 1. The average Bonchev–Trinajstić information content (AvgIpc) is 2.96. The summed E-state index contributed by atoms with van der Waals surface area (Å²) in [6, 6.07) is 13.8. The van der Waals surface area contributed by atoms with Gasteiger partial charge in [0.05, 0.1) is 23.1 Å². The number of rotatable bonds is 5. The molecule has 0 saturated heterocycles. The predicted molar refractivity (Wildman–Crippen MR) is 116 cm³/mol. The fourth-order valence-electron chi connectivity index (χ4n) is 4.17. The lowest BCUT2D eigenvalue weighted by atomic mass is 9.78. The average molecular weight is 392 g/mol. The van der Waals surface area contributed by atoms with Crippen molar-refractivity contribution in [1.29, 1.82) is 0 Å². The van der Waals surface area contributed by atoms with Crippen LogP contribution in [0.2, 0.25) is 0 Å². The number of carbonyl (C=O) groups is 1. The molecule has 4 rings (SSSR count). The number of fused-ring (bicyclic) bond motifs is 1. The van der Waals surface area contributed by atoms with Crippen LogP contribution < -0.4 is 5.32 Å². The minimum absolute atomic E-state index is 0.0705. The van der Waals surface area contributed by atoms with E-state index in [1.54, 1.807) is 13.8 Å². The van der Waals surface area contributed by atoms with Crippen LogP contribution in [0.15, 0.2) is 42.5 Å². The van der Waals surface area contributed by atoms with Crippen molar-refractivity contribution in [2.45, 2.75) is 64.5 Å². The van der Waals surface area contributed by atoms with Crippen LogP contribution in [0.1, 0.15) is 56.7 Å². The molecule has 0 aliphatic heterocycles. The molecule has 3 aromatic rings. The van der Waals surface area contributed by atoms with E-state index in [4.69, 9.17) is 4.98 Å². The lowest BCUT2D eigenvalue weighted by molar-refractivity contribution is -0.115. The van der Waals surface area contributed by atoms with Crippen LogP contribution in [-0.2, 0) is 22.4 Å². The molecule has 0 atom stereocenters. The molecule has 5 heteroatoms. The van der Waals surface area contributed by atoms with Crippen LogP contribution in [0, 0.1) is 6.92 Å². The van der Waals surface area contributed by atoms with Gasteiger partial charge in [-0.15, -0.1) is 0 Å². The van der Waals surface area contributed by atoms with Crippen molar-refractivity contribution < 1.29 is 9.90 Å². The number of aromatic nitrogens is 2. The molecule has 1 amide bonds. The Morgan fingerprint density at radius 2 is 2.00 bits per heavy atom. The lowest BCUT2D eigenvalue weighted by Crippen LogP contribution is -2.38. The summed E-state index contributed by atoms with van der Waals surface area (Å²) in [6.07, 6.45) is 3.58. The van der Waals surface area contributed by atoms with Crippen molar-refractivity contribution in [3.8, 4) is 0 Å². The highest BCUT2D eigenvalue weighted by Crippen LogP contribution is 2.43. The molecule has 5 nitrogen and oxygen atoms in total. The van der Waals surface area contributed by atoms with Crippen LogP contribution in [-0.4, -0.2) is 20.6 Å². The number of carbonyl (C=O) groups excluding carboxylic acids is 1. The third-order valence-corrected chi connectivity index (χ3v) is 6.03. The van der Waals surface area contributed by atoms with E-state index in [-0.39, 0.29) is 11.4 Å². The number of anilines is 1. The van der Waals surface area contributed by atoms with Crippen molar-refractivity contribution in [1.82, 2.24) is 9.55 Å². The zero-order chi connectivity index (χ0) is 20.8. The quantitative estimate of drug-likeness (QED) is 0.665. The summed E-state index contributed by atoms with van der Waals surface area (Å²) in [5, 5.41) is 13.5. The van der Waals surface area contributed by atoms with E-state index in [1.807, 2.05) is 49.4 Å². The van der Waals surface area contributed by atoms with E-state index < -0.39 is 5.60 Å². The molecule has 0 radical (unpaired) electrons. The Bertz CT molecular complexity index is 1070. The van der Waals surface area contributed by atoms with E-state index in [1.165, 1.54) is 0 Å². The lowest BCUT2D eigenvalue weighted by Gasteiger charge is -2.41. The highest BCUT2D eigenvalue weighted by Gasteiger charge is 2.37. The van der Waals surface area contributed by atoms with E-state index >= 15 is 0 Å². The molecule has 1 aliphatic carbocycles. The topological polar surface area (TPSA) is 67.2 Å². The summed E-state index contributed by atoms with van der Waals surface area (Å²) in [5.74, 6) is 0.519. The summed E-state index contributed by atoms with van der Waals surface area (Å²) < 4.78 is 2.16. The van der Waals surface area contributed by atoms with E-state index in [9.17, 15) is 9.90 Å². The first-order valence-electron chi connectivity index (χ1n) is 10.3. The van der Waals surface area contributed by atoms with Crippen molar-refractivity contribution in [2.75, 3.05) is 5.32 Å². The molecule has 1 aromatic heterocycles. The smallest absolute Gasteiger partial charge is 0.231 e. The number of hydrogen-bond acceptors (Lipinski definition) is 3. The Morgan fingerprint density at radius 1 is 1.24 bits per heavy atom. The standard InChI is InChI=1S/C24H29N3O2/c1-16-7-5-8-17(13-16)14-21(28)26-22-25-19-10-9-18(23(2,3)29)15-20(19)27(22)24(4)11-6-12-24/h5,7-10,13,15,29H,6,11-12,14H2,1-4H3,(H,25,26,28). The molecule has 2 aromatic carbocycles. The SMILES string of the molecule is Cc1cccc(CC(=O)Nc2nc3ccc(C(C)(C)O)cc3n2C2(C)CCC2)c1. The molecule has 1 heterocycles. The van der Waals surface area contributed by atoms with Crippen molar-refractivity contribution >= 4 is 22.9 Å². The molecule has 1 fully saturated rings. The fourth-order valence-corrected chi connectivity index (χ4v) is 4.17. The van der Waals surface area contributed by atoms with Gasteiger partial charge in [0.25, 0.3) is 0 Å². The first-order chi connectivity index (χ1) is 13.7. The summed E-state index contributed by atoms with van der Waals surface area (Å²) in [5.41, 5.74) is 3.76. The van der Waals surface area contributed by atoms with Crippen LogP contribution >= 0.6 is 0 Å². The minimum Gasteiger partial charge on any atom is -0.386 e. The van der Waals surface area contributed by atoms with E-state index in [0.29, 0.717) is 12.4 Å². The summed E-state index contributed by atoms with van der Waals surface area (Å²) in [6.45, 7) is 7.80. The third kappa shape index (κ3) is 3.79. The molecule has 2 N–H and O–H groups in total. The number of aliphatic hydroxyl groups is 1. The second-order valence-corrected chi connectivity index (χ2v) is 9.10. The summed E-state index contributed by atoms with van der Waals surface area (Å²) in [4.78, 5) is 17.5. The number of hydrogen-bond donors (Lipinski definition) is 2. The Hall–Kier alpha value is -2.66. The van der Waals surface area contributed by atoms with Crippen LogP contribution in [0.5, 0.6) is 0 Å². The number of nitrogens with zero attached hydrogens (tertiary/aromatic N) is 2. The molecular weight excluding hydrogens is 362 g/mol. The van der Waals surface area contributed by atoms with Crippen LogP contribution in [0.3, 0.4) is 0 Å². The van der Waals surface area contributed by atoms with Crippen LogP contribution in [0.4, 0.5) is 5.95 Å².